The van der Waals surface area contributed by atoms with Crippen LogP contribution in [0.15, 0.2) is 6.33 Å². The first-order chi connectivity index (χ1) is 6.66. The number of aromatic nitrogens is 4. The van der Waals surface area contributed by atoms with Gasteiger partial charge in [-0.15, -0.1) is 0 Å². The molecule has 0 saturated heterocycles. The van der Waals surface area contributed by atoms with Crippen LogP contribution in [0.5, 0.6) is 6.01 Å². The number of nitrogens with zero attached hydrogens (tertiary/aromatic N) is 3. The first kappa shape index (κ1) is 8.84. The highest BCUT2D eigenvalue weighted by Gasteiger charge is 2.09. The molecule has 0 bridgehead atoms. The summed E-state index contributed by atoms with van der Waals surface area (Å²) in [5.74, 6) is 0.105. The fraction of sp³-hybridized carbons (Fsp3) is 0. The maximum atomic E-state index is 10.3. The normalized spacial score (nSPS) is 12.9. The lowest BCUT2D eigenvalue weighted by molar-refractivity contribution is 0.441. The second-order valence-corrected chi connectivity index (χ2v) is 2.89. The van der Waals surface area contributed by atoms with Gasteiger partial charge in [-0.2, -0.15) is 14.2 Å². The van der Waals surface area contributed by atoms with Gasteiger partial charge in [-0.1, -0.05) is 0 Å². The molecule has 4 N–H and O–H groups in total. The minimum Gasteiger partial charge on any atom is -0.382 e. The lowest BCUT2D eigenvalue weighted by atomic mass is 10.5. The molecule has 2 aromatic heterocycles. The number of hydrogen-bond acceptors (Lipinski definition) is 6. The first-order valence-electron chi connectivity index (χ1n) is 3.42. The molecule has 0 spiro atoms. The van der Waals surface area contributed by atoms with Crippen LogP contribution in [0.2, 0.25) is 0 Å². The Balaban J connectivity index is 2.53. The maximum Gasteiger partial charge on any atom is 0.360 e. The second kappa shape index (κ2) is 3.20. The Morgan fingerprint density at radius 1 is 1.57 bits per heavy atom. The highest BCUT2D eigenvalue weighted by Crippen LogP contribution is 2.16. The van der Waals surface area contributed by atoms with Gasteiger partial charge in [-0.25, -0.2) is 4.98 Å². The van der Waals surface area contributed by atoms with Crippen molar-refractivity contribution in [2.75, 3.05) is 5.73 Å². The molecule has 0 fully saturated rings. The van der Waals surface area contributed by atoms with E-state index in [1.54, 1.807) is 0 Å². The standard InChI is InChI=1S/C5H5N5O3S/c6-3-2-4(8-1-7-2)10-5(9-3)13-14(11)12/h1H,(H,11,12)(H3,6,7,8,9,10). The Morgan fingerprint density at radius 2 is 2.36 bits per heavy atom. The van der Waals surface area contributed by atoms with Gasteiger partial charge < -0.3 is 14.9 Å². The van der Waals surface area contributed by atoms with Crippen LogP contribution in [0.4, 0.5) is 5.82 Å². The Labute approximate surface area is 80.0 Å². The number of nitrogens with two attached hydrogens (primary N) is 1. The predicted molar refractivity (Wildman–Crippen MR) is 47.5 cm³/mol. The van der Waals surface area contributed by atoms with E-state index in [1.165, 1.54) is 6.33 Å². The third kappa shape index (κ3) is 1.49. The van der Waals surface area contributed by atoms with Gasteiger partial charge in [0.15, 0.2) is 11.5 Å². The molecular formula is C5H5N5O3S. The van der Waals surface area contributed by atoms with Crippen LogP contribution in [0, 0.1) is 0 Å². The van der Waals surface area contributed by atoms with Gasteiger partial charge in [0, 0.05) is 0 Å². The number of H-pyrrole nitrogens is 1. The number of anilines is 1. The van der Waals surface area contributed by atoms with E-state index in [0.29, 0.717) is 5.52 Å². The summed E-state index contributed by atoms with van der Waals surface area (Å²) in [7, 11) is 0. The van der Waals surface area contributed by atoms with Crippen molar-refractivity contribution in [2.24, 2.45) is 0 Å². The number of nitrogens with one attached hydrogen (secondary N) is 1. The SMILES string of the molecule is Nc1nc(OS(=O)O)nc2nc[nH]c12. The van der Waals surface area contributed by atoms with Gasteiger partial charge >= 0.3 is 17.4 Å². The number of rotatable bonds is 2. The van der Waals surface area contributed by atoms with Crippen LogP contribution in [0.1, 0.15) is 0 Å². The van der Waals surface area contributed by atoms with Crippen molar-refractivity contribution >= 4 is 28.3 Å². The predicted octanol–water partition coefficient (Wildman–Crippen LogP) is -0.549. The summed E-state index contributed by atoms with van der Waals surface area (Å²) < 4.78 is 23.1. The first-order valence-corrected chi connectivity index (χ1v) is 4.46. The van der Waals surface area contributed by atoms with E-state index in [-0.39, 0.29) is 17.5 Å². The quantitative estimate of drug-likeness (QED) is 0.573. The summed E-state index contributed by atoms with van der Waals surface area (Å²) in [5, 5.41) is 0. The van der Waals surface area contributed by atoms with Gasteiger partial charge in [-0.3, -0.25) is 4.55 Å². The zero-order chi connectivity index (χ0) is 10.1. The lowest BCUT2D eigenvalue weighted by Crippen LogP contribution is -2.04. The number of imidazole rings is 1. The Morgan fingerprint density at radius 3 is 3.07 bits per heavy atom. The minimum absolute atomic E-state index is 0.105. The Kier molecular flexibility index (Phi) is 2.02. The molecule has 0 aliphatic heterocycles. The fourth-order valence-electron chi connectivity index (χ4n) is 0.936. The molecule has 1 atom stereocenters. The van der Waals surface area contributed by atoms with E-state index in [9.17, 15) is 4.21 Å². The molecule has 74 valence electrons. The average Bonchev–Trinajstić information content (AvgIpc) is 2.50. The molecule has 0 saturated carbocycles. The van der Waals surface area contributed by atoms with Crippen molar-refractivity contribution in [3.63, 3.8) is 0 Å². The average molecular weight is 215 g/mol. The molecule has 8 nitrogen and oxygen atoms in total. The Bertz CT molecular complexity index is 497. The number of aromatic amines is 1. The summed E-state index contributed by atoms with van der Waals surface area (Å²) in [6, 6.07) is -0.289. The van der Waals surface area contributed by atoms with Gasteiger partial charge in [0.25, 0.3) is 0 Å². The summed E-state index contributed by atoms with van der Waals surface area (Å²) in [6.45, 7) is 0. The van der Waals surface area contributed by atoms with Crippen molar-refractivity contribution < 1.29 is 12.9 Å². The molecule has 2 aromatic rings. The highest BCUT2D eigenvalue weighted by atomic mass is 32.2. The topological polar surface area (TPSA) is 127 Å². The van der Waals surface area contributed by atoms with Crippen molar-refractivity contribution in [3.8, 4) is 6.01 Å². The number of nitrogen functional groups attached to an aromatic ring is 1. The third-order valence-corrected chi connectivity index (χ3v) is 1.73. The molecule has 2 heterocycles. The van der Waals surface area contributed by atoms with Crippen LogP contribution >= 0.6 is 0 Å². The molecule has 0 amide bonds. The van der Waals surface area contributed by atoms with Gasteiger partial charge in [-0.05, 0) is 0 Å². The van der Waals surface area contributed by atoms with E-state index in [1.807, 2.05) is 0 Å². The van der Waals surface area contributed by atoms with Crippen molar-refractivity contribution in [1.29, 1.82) is 0 Å². The van der Waals surface area contributed by atoms with E-state index in [0.717, 1.165) is 0 Å². The van der Waals surface area contributed by atoms with Gasteiger partial charge in [0.1, 0.15) is 5.52 Å². The summed E-state index contributed by atoms with van der Waals surface area (Å²) in [5.41, 5.74) is 6.23. The van der Waals surface area contributed by atoms with Crippen molar-refractivity contribution in [3.05, 3.63) is 6.33 Å². The van der Waals surface area contributed by atoms with Crippen LogP contribution < -0.4 is 9.92 Å². The lowest BCUT2D eigenvalue weighted by Gasteiger charge is -1.98. The largest absolute Gasteiger partial charge is 0.382 e. The van der Waals surface area contributed by atoms with Crippen LogP contribution in [-0.2, 0) is 11.4 Å². The zero-order valence-corrected chi connectivity index (χ0v) is 7.48. The monoisotopic (exact) mass is 215 g/mol. The molecule has 9 heteroatoms. The molecule has 0 aromatic carbocycles. The smallest absolute Gasteiger partial charge is 0.360 e. The van der Waals surface area contributed by atoms with Gasteiger partial charge in [0.2, 0.25) is 0 Å². The molecule has 1 unspecified atom stereocenters. The zero-order valence-electron chi connectivity index (χ0n) is 6.67. The van der Waals surface area contributed by atoms with E-state index in [2.05, 4.69) is 24.1 Å². The molecule has 0 aliphatic carbocycles. The fourth-order valence-corrected chi connectivity index (χ4v) is 1.14. The van der Waals surface area contributed by atoms with Crippen LogP contribution in [-0.4, -0.2) is 28.7 Å². The summed E-state index contributed by atoms with van der Waals surface area (Å²) in [6.07, 6.45) is 1.38. The highest BCUT2D eigenvalue weighted by molar-refractivity contribution is 7.74. The van der Waals surface area contributed by atoms with Gasteiger partial charge in [0.05, 0.1) is 6.33 Å². The van der Waals surface area contributed by atoms with Crippen LogP contribution in [0.25, 0.3) is 11.2 Å². The van der Waals surface area contributed by atoms with E-state index < -0.39 is 11.4 Å². The van der Waals surface area contributed by atoms with E-state index in [4.69, 9.17) is 10.3 Å². The number of fused-ring (bicyclic) bond motifs is 1. The minimum atomic E-state index is -2.47. The molecular weight excluding hydrogens is 210 g/mol. The molecule has 0 radical (unpaired) electrons. The molecule has 0 aliphatic rings. The summed E-state index contributed by atoms with van der Waals surface area (Å²) >= 11 is -2.47. The van der Waals surface area contributed by atoms with Crippen molar-refractivity contribution in [2.45, 2.75) is 0 Å². The summed E-state index contributed by atoms with van der Waals surface area (Å²) in [4.78, 5) is 13.9. The van der Waals surface area contributed by atoms with Crippen LogP contribution in [0.3, 0.4) is 0 Å². The van der Waals surface area contributed by atoms with E-state index >= 15 is 0 Å². The second-order valence-electron chi connectivity index (χ2n) is 2.29. The van der Waals surface area contributed by atoms with Crippen molar-refractivity contribution in [1.82, 2.24) is 19.9 Å². The Hall–Kier alpha value is -1.74. The maximum absolute atomic E-state index is 10.3. The molecule has 2 rings (SSSR count). The third-order valence-electron chi connectivity index (χ3n) is 1.44. The molecule has 14 heavy (non-hydrogen) atoms. The number of hydrogen-bond donors (Lipinski definition) is 3.